The van der Waals surface area contributed by atoms with E-state index in [1.54, 1.807) is 0 Å². The molecule has 8 nitrogen and oxygen atoms in total. The summed E-state index contributed by atoms with van der Waals surface area (Å²) < 4.78 is 45.7. The molecule has 1 saturated heterocycles. The minimum Gasteiger partial charge on any atom is -0.382 e. The van der Waals surface area contributed by atoms with Crippen LogP contribution < -0.4 is 10.2 Å². The predicted molar refractivity (Wildman–Crippen MR) is 152 cm³/mol. The van der Waals surface area contributed by atoms with Crippen LogP contribution in [0.3, 0.4) is 0 Å². The number of carbonyl (C=O) groups excluding carboxylic acids is 1. The van der Waals surface area contributed by atoms with Crippen LogP contribution in [0.4, 0.5) is 30.2 Å². The molecule has 1 heterocycles. The smallest absolute Gasteiger partial charge is 0.382 e. The Kier molecular flexibility index (Phi) is 11.5. The number of carbonyl (C=O) groups is 1. The number of nitro benzene ring substituents is 1. The maximum absolute atomic E-state index is 13.3. The zero-order valence-corrected chi connectivity index (χ0v) is 23.7. The molecule has 2 aromatic carbocycles. The first-order chi connectivity index (χ1) is 19.1. The van der Waals surface area contributed by atoms with Gasteiger partial charge < -0.3 is 19.9 Å². The zero-order valence-electron chi connectivity index (χ0n) is 22.8. The molecular weight excluding hydrogens is 545 g/mol. The number of anilines is 2. The summed E-state index contributed by atoms with van der Waals surface area (Å²) in [7, 11) is 0. The quantitative estimate of drug-likeness (QED) is 0.223. The molecule has 12 heteroatoms. The van der Waals surface area contributed by atoms with E-state index in [1.165, 1.54) is 6.07 Å². The van der Waals surface area contributed by atoms with Crippen molar-refractivity contribution in [3.05, 3.63) is 58.1 Å². The molecule has 2 aliphatic rings. The van der Waals surface area contributed by atoms with E-state index in [0.717, 1.165) is 42.2 Å². The molecule has 1 saturated carbocycles. The Balaban J connectivity index is 0.00000216. The summed E-state index contributed by atoms with van der Waals surface area (Å²) in [4.78, 5) is 27.7. The van der Waals surface area contributed by atoms with Crippen LogP contribution in [0, 0.1) is 10.1 Å². The van der Waals surface area contributed by atoms with Gasteiger partial charge in [-0.05, 0) is 68.5 Å². The van der Waals surface area contributed by atoms with Gasteiger partial charge in [-0.25, -0.2) is 0 Å². The highest BCUT2D eigenvalue weighted by Crippen LogP contribution is 2.38. The fourth-order valence-corrected chi connectivity index (χ4v) is 5.14. The van der Waals surface area contributed by atoms with Gasteiger partial charge in [-0.2, -0.15) is 13.2 Å². The number of halogens is 3. The number of hydrogen-bond acceptors (Lipinski definition) is 7. The summed E-state index contributed by atoms with van der Waals surface area (Å²) in [6, 6.07) is 10.9. The Morgan fingerprint density at radius 1 is 1.05 bits per heavy atom. The van der Waals surface area contributed by atoms with E-state index in [0.29, 0.717) is 38.8 Å². The highest BCUT2D eigenvalue weighted by atomic mass is 32.1. The monoisotopic (exact) mass is 582 g/mol. The lowest BCUT2D eigenvalue weighted by Crippen LogP contribution is -2.39. The van der Waals surface area contributed by atoms with Crippen LogP contribution in [0.5, 0.6) is 0 Å². The molecule has 0 bridgehead atoms. The summed E-state index contributed by atoms with van der Waals surface area (Å²) in [5.74, 6) is -0.0386. The Hall–Kier alpha value is -2.99. The Morgan fingerprint density at radius 3 is 2.35 bits per heavy atom. The Bertz CT molecular complexity index is 1130. The summed E-state index contributed by atoms with van der Waals surface area (Å²) in [6.07, 6.45) is -1.41. The molecule has 220 valence electrons. The molecule has 0 spiro atoms. The van der Waals surface area contributed by atoms with Crippen LogP contribution >= 0.6 is 12.6 Å². The minimum atomic E-state index is -4.82. The average Bonchev–Trinajstić information content (AvgIpc) is 3.20. The highest BCUT2D eigenvalue weighted by Gasteiger charge is 2.38. The number of rotatable bonds is 7. The topological polar surface area (TPSA) is 87.9 Å². The van der Waals surface area contributed by atoms with Gasteiger partial charge in [-0.3, -0.25) is 14.9 Å². The number of thiol groups is 1. The maximum atomic E-state index is 13.3. The average molecular weight is 583 g/mol. The van der Waals surface area contributed by atoms with Crippen molar-refractivity contribution in [2.75, 3.05) is 43.0 Å². The van der Waals surface area contributed by atoms with Crippen LogP contribution in [0.15, 0.2) is 47.4 Å². The first-order valence-corrected chi connectivity index (χ1v) is 14.1. The van der Waals surface area contributed by atoms with Gasteiger partial charge in [0, 0.05) is 54.6 Å². The van der Waals surface area contributed by atoms with Crippen molar-refractivity contribution in [3.8, 4) is 0 Å². The van der Waals surface area contributed by atoms with Crippen LogP contribution in [-0.4, -0.2) is 60.7 Å². The standard InChI is InChI=1S/C26H31F3N4O4S.C2H6/c27-26(28,29)23-16-19(4-11-24(23)33(35)36)30-18-2-7-21(8-3-18)37-17-25(34)32-13-1-12-31(14-15-32)20-5-9-22(38)10-6-20;1-2/h4-6,9-11,16,18,21,30,38H,1-3,7-8,12-15,17H2;1-2H3. The number of nitro groups is 1. The lowest BCUT2D eigenvalue weighted by molar-refractivity contribution is -0.388. The molecule has 40 heavy (non-hydrogen) atoms. The van der Waals surface area contributed by atoms with Crippen molar-refractivity contribution in [1.82, 2.24) is 4.90 Å². The molecule has 0 atom stereocenters. The Labute approximate surface area is 238 Å². The molecule has 1 amide bonds. The normalized spacial score (nSPS) is 19.8. The van der Waals surface area contributed by atoms with Gasteiger partial charge in [0.15, 0.2) is 0 Å². The third-order valence-electron chi connectivity index (χ3n) is 7.05. The summed E-state index contributed by atoms with van der Waals surface area (Å²) in [6.45, 7) is 6.92. The van der Waals surface area contributed by atoms with E-state index < -0.39 is 22.4 Å². The molecular formula is C28H37F3N4O4S. The molecule has 1 aliphatic carbocycles. The summed E-state index contributed by atoms with van der Waals surface area (Å²) >= 11 is 4.33. The van der Waals surface area contributed by atoms with Crippen molar-refractivity contribution < 1.29 is 27.6 Å². The molecule has 1 aliphatic heterocycles. The number of alkyl halides is 3. The van der Waals surface area contributed by atoms with Gasteiger partial charge >= 0.3 is 6.18 Å². The second-order valence-electron chi connectivity index (χ2n) is 9.65. The third kappa shape index (κ3) is 8.76. The number of amides is 1. The van der Waals surface area contributed by atoms with E-state index in [4.69, 9.17) is 4.74 Å². The molecule has 4 rings (SSSR count). The predicted octanol–water partition coefficient (Wildman–Crippen LogP) is 6.41. The first-order valence-electron chi connectivity index (χ1n) is 13.7. The van der Waals surface area contributed by atoms with Crippen LogP contribution in [0.25, 0.3) is 0 Å². The number of benzene rings is 2. The summed E-state index contributed by atoms with van der Waals surface area (Å²) in [5, 5.41) is 14.0. The van der Waals surface area contributed by atoms with E-state index in [1.807, 2.05) is 43.0 Å². The van der Waals surface area contributed by atoms with Gasteiger partial charge in [-0.1, -0.05) is 13.8 Å². The zero-order chi connectivity index (χ0) is 29.3. The molecule has 1 N–H and O–H groups in total. The van der Waals surface area contributed by atoms with Crippen molar-refractivity contribution in [3.63, 3.8) is 0 Å². The molecule has 0 radical (unpaired) electrons. The fourth-order valence-electron chi connectivity index (χ4n) is 4.99. The Morgan fingerprint density at radius 2 is 1.73 bits per heavy atom. The fraction of sp³-hybridized carbons (Fsp3) is 0.536. The molecule has 0 unspecified atom stereocenters. The van der Waals surface area contributed by atoms with Gasteiger partial charge in [0.05, 0.1) is 11.0 Å². The van der Waals surface area contributed by atoms with Gasteiger partial charge in [-0.15, -0.1) is 12.6 Å². The van der Waals surface area contributed by atoms with Crippen molar-refractivity contribution in [1.29, 1.82) is 0 Å². The first kappa shape index (κ1) is 31.5. The second kappa shape index (κ2) is 14.6. The van der Waals surface area contributed by atoms with Crippen LogP contribution in [-0.2, 0) is 15.7 Å². The number of nitrogens with one attached hydrogen (secondary N) is 1. The maximum Gasteiger partial charge on any atom is 0.423 e. The molecule has 2 fully saturated rings. The molecule has 2 aromatic rings. The van der Waals surface area contributed by atoms with Crippen molar-refractivity contribution in [2.45, 2.75) is 69.2 Å². The van der Waals surface area contributed by atoms with Crippen LogP contribution in [0.2, 0.25) is 0 Å². The number of nitrogens with zero attached hydrogens (tertiary/aromatic N) is 3. The van der Waals surface area contributed by atoms with Crippen molar-refractivity contribution >= 4 is 35.6 Å². The number of hydrogen-bond donors (Lipinski definition) is 2. The van der Waals surface area contributed by atoms with Gasteiger partial charge in [0.25, 0.3) is 5.69 Å². The van der Waals surface area contributed by atoms with E-state index >= 15 is 0 Å². The third-order valence-corrected chi connectivity index (χ3v) is 7.35. The van der Waals surface area contributed by atoms with Gasteiger partial charge in [0.2, 0.25) is 5.91 Å². The SMILES string of the molecule is CC.O=C(COC1CCC(Nc2ccc([N+](=O)[O-])c(C(F)(F)F)c2)CC1)N1CCCN(c2ccc(S)cc2)CC1. The van der Waals surface area contributed by atoms with E-state index in [-0.39, 0.29) is 30.3 Å². The highest BCUT2D eigenvalue weighted by molar-refractivity contribution is 7.80. The lowest BCUT2D eigenvalue weighted by Gasteiger charge is -2.30. The van der Waals surface area contributed by atoms with E-state index in [9.17, 15) is 28.1 Å². The summed E-state index contributed by atoms with van der Waals surface area (Å²) in [5.41, 5.74) is -0.925. The second-order valence-corrected chi connectivity index (χ2v) is 10.2. The van der Waals surface area contributed by atoms with Gasteiger partial charge in [0.1, 0.15) is 12.2 Å². The molecule has 0 aromatic heterocycles. The minimum absolute atomic E-state index is 0.00834. The lowest BCUT2D eigenvalue weighted by atomic mass is 9.92. The largest absolute Gasteiger partial charge is 0.423 e. The number of ether oxygens (including phenoxy) is 1. The van der Waals surface area contributed by atoms with E-state index in [2.05, 4.69) is 22.8 Å². The van der Waals surface area contributed by atoms with Crippen molar-refractivity contribution in [2.24, 2.45) is 0 Å². The van der Waals surface area contributed by atoms with Crippen LogP contribution in [0.1, 0.15) is 51.5 Å².